The first-order chi connectivity index (χ1) is 10.8. The van der Waals surface area contributed by atoms with Crippen molar-refractivity contribution in [2.75, 3.05) is 6.26 Å². The Hall–Kier alpha value is -0.955. The molecule has 1 aromatic carbocycles. The monoisotopic (exact) mass is 356 g/mol. The first-order valence-corrected chi connectivity index (χ1v) is 9.78. The SMILES string of the molecule is CC1(C)OB(c2ccc(S(C)(=O)=O)c3c2C[C@@H](F)[C@H]3O)OC1(C)C. The highest BCUT2D eigenvalue weighted by Crippen LogP contribution is 2.40. The van der Waals surface area contributed by atoms with Gasteiger partial charge >= 0.3 is 7.12 Å². The number of sulfone groups is 1. The predicted molar refractivity (Wildman–Crippen MR) is 88.8 cm³/mol. The summed E-state index contributed by atoms with van der Waals surface area (Å²) in [5, 5.41) is 10.1. The van der Waals surface area contributed by atoms with E-state index >= 15 is 0 Å². The van der Waals surface area contributed by atoms with E-state index in [0.717, 1.165) is 6.26 Å². The summed E-state index contributed by atoms with van der Waals surface area (Å²) in [4.78, 5) is -0.0367. The lowest BCUT2D eigenvalue weighted by Crippen LogP contribution is -2.41. The maximum atomic E-state index is 14.1. The standard InChI is InChI=1S/C16H22BFO5S/c1-15(2)16(3,4)23-17(22-15)10-6-7-12(24(5,20)21)13-9(10)8-11(18)14(13)19/h6-7,11,14,19H,8H2,1-5H3/t11-,14-/m1/s1. The van der Waals surface area contributed by atoms with Crippen molar-refractivity contribution < 1.29 is 27.2 Å². The quantitative estimate of drug-likeness (QED) is 0.810. The molecule has 2 atom stereocenters. The minimum atomic E-state index is -3.58. The Kier molecular flexibility index (Phi) is 3.92. The van der Waals surface area contributed by atoms with Crippen LogP contribution in [0.5, 0.6) is 0 Å². The summed E-state index contributed by atoms with van der Waals surface area (Å²) in [6.45, 7) is 7.63. The van der Waals surface area contributed by atoms with E-state index in [9.17, 15) is 17.9 Å². The van der Waals surface area contributed by atoms with Crippen LogP contribution in [-0.4, -0.2) is 44.3 Å². The highest BCUT2D eigenvalue weighted by molar-refractivity contribution is 7.90. The molecule has 0 bridgehead atoms. The second-order valence-electron chi connectivity index (χ2n) is 7.57. The molecule has 0 unspecified atom stereocenters. The average molecular weight is 356 g/mol. The van der Waals surface area contributed by atoms with Crippen LogP contribution in [-0.2, 0) is 25.6 Å². The number of fused-ring (bicyclic) bond motifs is 1. The maximum absolute atomic E-state index is 14.1. The van der Waals surface area contributed by atoms with E-state index in [4.69, 9.17) is 9.31 Å². The van der Waals surface area contributed by atoms with Crippen molar-refractivity contribution in [1.29, 1.82) is 0 Å². The molecule has 0 radical (unpaired) electrons. The Morgan fingerprint density at radius 1 is 1.21 bits per heavy atom. The van der Waals surface area contributed by atoms with E-state index in [2.05, 4.69) is 0 Å². The van der Waals surface area contributed by atoms with Crippen molar-refractivity contribution in [3.8, 4) is 0 Å². The Balaban J connectivity index is 2.14. The van der Waals surface area contributed by atoms with Gasteiger partial charge in [-0.25, -0.2) is 12.8 Å². The Labute approximate surface area is 142 Å². The summed E-state index contributed by atoms with van der Waals surface area (Å²) in [5.74, 6) is 0. The van der Waals surface area contributed by atoms with E-state index in [1.54, 1.807) is 6.07 Å². The Morgan fingerprint density at radius 3 is 2.25 bits per heavy atom. The van der Waals surface area contributed by atoms with Crippen molar-refractivity contribution in [2.24, 2.45) is 0 Å². The largest absolute Gasteiger partial charge is 0.495 e. The van der Waals surface area contributed by atoms with Crippen LogP contribution in [0, 0.1) is 0 Å². The smallest absolute Gasteiger partial charge is 0.399 e. The topological polar surface area (TPSA) is 72.8 Å². The molecular formula is C16H22BFO5S. The molecule has 5 nitrogen and oxygen atoms in total. The lowest BCUT2D eigenvalue weighted by molar-refractivity contribution is 0.00578. The third kappa shape index (κ3) is 2.60. The number of alkyl halides is 1. The molecule has 132 valence electrons. The summed E-state index contributed by atoms with van der Waals surface area (Å²) >= 11 is 0. The van der Waals surface area contributed by atoms with Crippen molar-refractivity contribution in [3.05, 3.63) is 23.3 Å². The first-order valence-electron chi connectivity index (χ1n) is 7.88. The number of hydrogen-bond donors (Lipinski definition) is 1. The van der Waals surface area contributed by atoms with Crippen molar-refractivity contribution in [3.63, 3.8) is 0 Å². The zero-order valence-corrected chi connectivity index (χ0v) is 15.3. The van der Waals surface area contributed by atoms with E-state index < -0.39 is 40.4 Å². The van der Waals surface area contributed by atoms with E-state index in [-0.39, 0.29) is 16.9 Å². The van der Waals surface area contributed by atoms with Crippen molar-refractivity contribution >= 4 is 22.4 Å². The van der Waals surface area contributed by atoms with E-state index in [1.165, 1.54) is 6.07 Å². The Morgan fingerprint density at radius 2 is 1.75 bits per heavy atom. The molecule has 0 spiro atoms. The molecule has 0 amide bonds. The molecule has 0 aromatic heterocycles. The number of benzene rings is 1. The van der Waals surface area contributed by atoms with Gasteiger partial charge in [-0.1, -0.05) is 6.07 Å². The third-order valence-corrected chi connectivity index (χ3v) is 6.45. The second-order valence-corrected chi connectivity index (χ2v) is 9.55. The molecule has 1 heterocycles. The van der Waals surface area contributed by atoms with Gasteiger partial charge in [0.05, 0.1) is 16.1 Å². The van der Waals surface area contributed by atoms with Crippen LogP contribution < -0.4 is 5.46 Å². The summed E-state index contributed by atoms with van der Waals surface area (Å²) in [5.41, 5.74) is 0.0579. The molecule has 8 heteroatoms. The number of hydrogen-bond acceptors (Lipinski definition) is 5. The van der Waals surface area contributed by atoms with Gasteiger partial charge in [-0.15, -0.1) is 0 Å². The van der Waals surface area contributed by atoms with Gasteiger partial charge in [-0.2, -0.15) is 0 Å². The van der Waals surface area contributed by atoms with Gasteiger partial charge in [0.1, 0.15) is 12.3 Å². The highest BCUT2D eigenvalue weighted by atomic mass is 32.2. The summed E-state index contributed by atoms with van der Waals surface area (Å²) < 4.78 is 50.1. The van der Waals surface area contributed by atoms with Gasteiger partial charge in [0.2, 0.25) is 0 Å². The molecular weight excluding hydrogens is 334 g/mol. The highest BCUT2D eigenvalue weighted by Gasteiger charge is 2.53. The molecule has 2 aliphatic rings. The molecule has 1 aliphatic heterocycles. The van der Waals surface area contributed by atoms with Crippen LogP contribution in [0.1, 0.15) is 44.9 Å². The van der Waals surface area contributed by atoms with Crippen molar-refractivity contribution in [1.82, 2.24) is 0 Å². The molecule has 1 aromatic rings. The van der Waals surface area contributed by atoms with Gasteiger partial charge in [0.25, 0.3) is 0 Å². The average Bonchev–Trinajstić information content (AvgIpc) is 2.82. The number of aliphatic hydroxyl groups excluding tert-OH is 1. The van der Waals surface area contributed by atoms with Gasteiger partial charge < -0.3 is 14.4 Å². The molecule has 1 saturated heterocycles. The van der Waals surface area contributed by atoms with Gasteiger partial charge in [0, 0.05) is 18.2 Å². The fraction of sp³-hybridized carbons (Fsp3) is 0.625. The second kappa shape index (κ2) is 5.27. The summed E-state index contributed by atoms with van der Waals surface area (Å²) in [6, 6.07) is 3.00. The zero-order valence-electron chi connectivity index (χ0n) is 14.5. The third-order valence-electron chi connectivity index (χ3n) is 5.30. The molecule has 1 N–H and O–H groups in total. The van der Waals surface area contributed by atoms with Crippen molar-refractivity contribution in [2.45, 2.75) is 62.5 Å². The van der Waals surface area contributed by atoms with E-state index in [0.29, 0.717) is 11.0 Å². The molecule has 0 saturated carbocycles. The fourth-order valence-corrected chi connectivity index (χ4v) is 4.17. The maximum Gasteiger partial charge on any atom is 0.495 e. The normalized spacial score (nSPS) is 28.2. The summed E-state index contributed by atoms with van der Waals surface area (Å²) in [6.07, 6.45) is -1.99. The lowest BCUT2D eigenvalue weighted by atomic mass is 9.75. The van der Waals surface area contributed by atoms with Gasteiger partial charge in [-0.3, -0.25) is 0 Å². The van der Waals surface area contributed by atoms with E-state index in [1.807, 2.05) is 27.7 Å². The zero-order chi connectivity index (χ0) is 18.1. The fourth-order valence-electron chi connectivity index (χ4n) is 3.21. The first kappa shape index (κ1) is 17.9. The minimum Gasteiger partial charge on any atom is -0.399 e. The lowest BCUT2D eigenvalue weighted by Gasteiger charge is -2.32. The molecule has 24 heavy (non-hydrogen) atoms. The molecule has 1 aliphatic carbocycles. The molecule has 1 fully saturated rings. The van der Waals surface area contributed by atoms with Crippen LogP contribution in [0.3, 0.4) is 0 Å². The van der Waals surface area contributed by atoms with Crippen LogP contribution in [0.25, 0.3) is 0 Å². The van der Waals surface area contributed by atoms with Crippen LogP contribution in [0.4, 0.5) is 4.39 Å². The minimum absolute atomic E-state index is 0.0367. The van der Waals surface area contributed by atoms with Crippen LogP contribution in [0.15, 0.2) is 17.0 Å². The van der Waals surface area contributed by atoms with Gasteiger partial charge in [-0.05, 0) is 44.8 Å². The summed E-state index contributed by atoms with van der Waals surface area (Å²) in [7, 11) is -4.31. The van der Waals surface area contributed by atoms with Crippen LogP contribution in [0.2, 0.25) is 0 Å². The number of rotatable bonds is 2. The van der Waals surface area contributed by atoms with Gasteiger partial charge in [0.15, 0.2) is 9.84 Å². The number of halogens is 1. The predicted octanol–water partition coefficient (Wildman–Crippen LogP) is 1.32. The number of aliphatic hydroxyl groups is 1. The van der Waals surface area contributed by atoms with Crippen LogP contribution >= 0.6 is 0 Å². The Bertz CT molecular complexity index is 774. The molecule has 3 rings (SSSR count).